The molecule has 1 heterocycles. The van der Waals surface area contributed by atoms with Crippen LogP contribution in [0.15, 0.2) is 8.68 Å². The molecule has 1 aromatic rings. The molecule has 1 N–H and O–H groups in total. The van der Waals surface area contributed by atoms with Crippen LogP contribution in [0, 0.1) is 23.7 Å². The first-order valence-electron chi connectivity index (χ1n) is 9.40. The summed E-state index contributed by atoms with van der Waals surface area (Å²) in [4.78, 5) is 12.5. The molecule has 4 nitrogen and oxygen atoms in total. The summed E-state index contributed by atoms with van der Waals surface area (Å²) in [6.07, 6.45) is 7.86. The minimum atomic E-state index is 0.117. The van der Waals surface area contributed by atoms with Crippen LogP contribution in [-0.2, 0) is 4.79 Å². The molecule has 4 aliphatic carbocycles. The highest BCUT2D eigenvalue weighted by atomic mass is 32.2. The lowest BCUT2D eigenvalue weighted by Crippen LogP contribution is -2.60. The van der Waals surface area contributed by atoms with Crippen molar-refractivity contribution >= 4 is 40.8 Å². The summed E-state index contributed by atoms with van der Waals surface area (Å²) in [5.41, 5.74) is 0.117. The average Bonchev–Trinajstić information content (AvgIpc) is 2.97. The van der Waals surface area contributed by atoms with Crippen molar-refractivity contribution in [2.24, 2.45) is 23.7 Å². The SMILES string of the molecule is CC(C)CSc1nnc(SCC(=O)NC23CC4CC(CC(C4)C2)C3)s1. The fourth-order valence-corrected chi connectivity index (χ4v) is 8.07. The van der Waals surface area contributed by atoms with Gasteiger partial charge < -0.3 is 5.32 Å². The van der Waals surface area contributed by atoms with Gasteiger partial charge in [-0.05, 0) is 62.2 Å². The van der Waals surface area contributed by atoms with Gasteiger partial charge in [-0.3, -0.25) is 4.79 Å². The smallest absolute Gasteiger partial charge is 0.230 e. The van der Waals surface area contributed by atoms with Gasteiger partial charge in [0.25, 0.3) is 0 Å². The van der Waals surface area contributed by atoms with Crippen molar-refractivity contribution < 1.29 is 4.79 Å². The van der Waals surface area contributed by atoms with E-state index in [-0.39, 0.29) is 11.4 Å². The molecule has 1 aromatic heterocycles. The van der Waals surface area contributed by atoms with Crippen molar-refractivity contribution in [3.8, 4) is 0 Å². The third-order valence-corrected chi connectivity index (χ3v) is 9.31. The first-order chi connectivity index (χ1) is 12.0. The minimum absolute atomic E-state index is 0.117. The molecule has 0 radical (unpaired) electrons. The first-order valence-corrected chi connectivity index (χ1v) is 12.2. The van der Waals surface area contributed by atoms with Crippen molar-refractivity contribution in [3.63, 3.8) is 0 Å². The minimum Gasteiger partial charge on any atom is -0.350 e. The average molecular weight is 398 g/mol. The molecule has 4 aliphatic rings. The summed E-state index contributed by atoms with van der Waals surface area (Å²) >= 11 is 4.90. The normalized spacial score (nSPS) is 33.2. The van der Waals surface area contributed by atoms with Gasteiger partial charge in [0.2, 0.25) is 5.91 Å². The van der Waals surface area contributed by atoms with E-state index in [4.69, 9.17) is 0 Å². The molecule has 25 heavy (non-hydrogen) atoms. The van der Waals surface area contributed by atoms with E-state index >= 15 is 0 Å². The Morgan fingerprint density at radius 3 is 2.24 bits per heavy atom. The molecular formula is C18H27N3OS3. The summed E-state index contributed by atoms with van der Waals surface area (Å²) in [5, 5.41) is 11.9. The van der Waals surface area contributed by atoms with E-state index in [2.05, 4.69) is 29.4 Å². The third kappa shape index (κ3) is 4.35. The van der Waals surface area contributed by atoms with Crippen LogP contribution in [0.3, 0.4) is 0 Å². The lowest BCUT2D eigenvalue weighted by molar-refractivity contribution is -0.124. The van der Waals surface area contributed by atoms with E-state index in [1.54, 1.807) is 23.1 Å². The van der Waals surface area contributed by atoms with Crippen LogP contribution >= 0.6 is 34.9 Å². The van der Waals surface area contributed by atoms with Gasteiger partial charge in [-0.25, -0.2) is 0 Å². The maximum absolute atomic E-state index is 12.5. The van der Waals surface area contributed by atoms with Crippen molar-refractivity contribution in [3.05, 3.63) is 0 Å². The van der Waals surface area contributed by atoms with Crippen LogP contribution in [0.5, 0.6) is 0 Å². The summed E-state index contributed by atoms with van der Waals surface area (Å²) in [7, 11) is 0. The second-order valence-electron chi connectivity index (χ2n) is 8.57. The summed E-state index contributed by atoms with van der Waals surface area (Å²) < 4.78 is 1.92. The molecule has 0 spiro atoms. The highest BCUT2D eigenvalue weighted by Gasteiger charge is 2.51. The lowest BCUT2D eigenvalue weighted by Gasteiger charge is -2.56. The highest BCUT2D eigenvalue weighted by molar-refractivity contribution is 8.03. The van der Waals surface area contributed by atoms with Crippen LogP contribution in [-0.4, -0.2) is 33.1 Å². The second-order valence-corrected chi connectivity index (χ2v) is 12.0. The van der Waals surface area contributed by atoms with Gasteiger partial charge in [-0.1, -0.05) is 48.7 Å². The van der Waals surface area contributed by atoms with Crippen molar-refractivity contribution in [1.29, 1.82) is 0 Å². The van der Waals surface area contributed by atoms with E-state index < -0.39 is 0 Å². The second kappa shape index (κ2) is 7.39. The van der Waals surface area contributed by atoms with E-state index in [9.17, 15) is 4.79 Å². The Morgan fingerprint density at radius 1 is 1.12 bits per heavy atom. The number of amides is 1. The van der Waals surface area contributed by atoms with Gasteiger partial charge in [0, 0.05) is 11.3 Å². The Bertz CT molecular complexity index is 596. The Hall–Kier alpha value is -0.270. The molecule has 1 amide bonds. The Labute approximate surface area is 162 Å². The van der Waals surface area contributed by atoms with Gasteiger partial charge >= 0.3 is 0 Å². The number of hydrogen-bond donors (Lipinski definition) is 1. The Morgan fingerprint density at radius 2 is 1.68 bits per heavy atom. The summed E-state index contributed by atoms with van der Waals surface area (Å²) in [5.74, 6) is 4.94. The summed E-state index contributed by atoms with van der Waals surface area (Å²) in [6.45, 7) is 4.41. The highest BCUT2D eigenvalue weighted by Crippen LogP contribution is 2.55. The van der Waals surface area contributed by atoms with Crippen LogP contribution in [0.4, 0.5) is 0 Å². The molecule has 0 atom stereocenters. The molecule has 138 valence electrons. The van der Waals surface area contributed by atoms with Crippen LogP contribution in [0.25, 0.3) is 0 Å². The van der Waals surface area contributed by atoms with E-state index in [1.807, 2.05) is 0 Å². The van der Waals surface area contributed by atoms with E-state index in [0.29, 0.717) is 11.7 Å². The Kier molecular flexibility index (Phi) is 5.35. The lowest BCUT2D eigenvalue weighted by atomic mass is 9.53. The molecule has 0 saturated heterocycles. The number of nitrogens with one attached hydrogen (secondary N) is 1. The molecule has 0 unspecified atom stereocenters. The van der Waals surface area contributed by atoms with E-state index in [1.165, 1.54) is 50.3 Å². The number of thioether (sulfide) groups is 2. The number of hydrogen-bond acceptors (Lipinski definition) is 6. The molecular weight excluding hydrogens is 370 g/mol. The van der Waals surface area contributed by atoms with Crippen molar-refractivity contribution in [2.45, 2.75) is 66.6 Å². The first kappa shape index (κ1) is 18.1. The molecule has 4 fully saturated rings. The topological polar surface area (TPSA) is 54.9 Å². The predicted octanol–water partition coefficient (Wildman–Crippen LogP) is 4.46. The zero-order valence-electron chi connectivity index (χ0n) is 15.0. The van der Waals surface area contributed by atoms with Gasteiger partial charge in [0.05, 0.1) is 5.75 Å². The van der Waals surface area contributed by atoms with Gasteiger partial charge in [-0.15, -0.1) is 10.2 Å². The quantitative estimate of drug-likeness (QED) is 0.688. The summed E-state index contributed by atoms with van der Waals surface area (Å²) in [6, 6.07) is 0. The number of aromatic nitrogens is 2. The number of carbonyl (C=O) groups is 1. The monoisotopic (exact) mass is 397 g/mol. The van der Waals surface area contributed by atoms with Gasteiger partial charge in [-0.2, -0.15) is 0 Å². The van der Waals surface area contributed by atoms with Crippen molar-refractivity contribution in [2.75, 3.05) is 11.5 Å². The molecule has 0 aliphatic heterocycles. The zero-order chi connectivity index (χ0) is 17.4. The maximum atomic E-state index is 12.5. The molecule has 5 rings (SSSR count). The van der Waals surface area contributed by atoms with Gasteiger partial charge in [0.1, 0.15) is 0 Å². The largest absolute Gasteiger partial charge is 0.350 e. The predicted molar refractivity (Wildman–Crippen MR) is 105 cm³/mol. The van der Waals surface area contributed by atoms with Crippen LogP contribution in [0.2, 0.25) is 0 Å². The fourth-order valence-electron chi connectivity index (χ4n) is 5.27. The van der Waals surface area contributed by atoms with Crippen LogP contribution in [0.1, 0.15) is 52.4 Å². The van der Waals surface area contributed by atoms with Crippen LogP contribution < -0.4 is 5.32 Å². The van der Waals surface area contributed by atoms with Gasteiger partial charge in [0.15, 0.2) is 8.68 Å². The molecule has 4 bridgehead atoms. The van der Waals surface area contributed by atoms with E-state index in [0.717, 1.165) is 32.2 Å². The molecule has 0 aromatic carbocycles. The third-order valence-electron chi connectivity index (χ3n) is 5.70. The number of rotatable bonds is 7. The Balaban J connectivity index is 1.27. The molecule has 4 saturated carbocycles. The fraction of sp³-hybridized carbons (Fsp3) is 0.833. The van der Waals surface area contributed by atoms with Crippen molar-refractivity contribution in [1.82, 2.24) is 15.5 Å². The number of carbonyl (C=O) groups excluding carboxylic acids is 1. The standard InChI is InChI=1S/C18H27N3OS3/c1-11(2)9-23-16-20-21-17(25-16)24-10-15(22)19-18-6-12-3-13(7-18)5-14(4-12)8-18/h11-14H,3-10H2,1-2H3,(H,19,22). The maximum Gasteiger partial charge on any atom is 0.230 e. The molecule has 7 heteroatoms. The zero-order valence-corrected chi connectivity index (χ0v) is 17.4. The number of nitrogens with zero attached hydrogens (tertiary/aromatic N) is 2.